The molecule has 0 aromatic rings. The Morgan fingerprint density at radius 3 is 1.18 bits per heavy atom. The molecule has 9 rings (SSSR count). The van der Waals surface area contributed by atoms with Gasteiger partial charge in [-0.15, -0.1) is 0 Å². The van der Waals surface area contributed by atoms with E-state index in [0.717, 1.165) is 34.6 Å². The molecule has 0 aromatic carbocycles. The first kappa shape index (κ1) is 110. The summed E-state index contributed by atoms with van der Waals surface area (Å²) < 4.78 is 106. The van der Waals surface area contributed by atoms with Crippen LogP contribution in [-0.4, -0.2) is 556 Å². The molecule has 0 saturated carbocycles. The number of carbonyl (C=O) groups is 6. The van der Waals surface area contributed by atoms with Crippen LogP contribution in [0.5, 0.6) is 0 Å². The van der Waals surface area contributed by atoms with Gasteiger partial charge < -0.3 is 260 Å². The smallest absolute Gasteiger partial charge is 0.364 e. The Kier molecular flexibility index (Phi) is 40.2. The lowest BCUT2D eigenvalue weighted by molar-refractivity contribution is -0.399. The quantitative estimate of drug-likeness (QED) is 0.0272. The number of aliphatic carboxylic acids is 1. The Balaban J connectivity index is 0.948. The minimum absolute atomic E-state index is 0.874. The number of rotatable bonds is 39. The highest BCUT2D eigenvalue weighted by Gasteiger charge is 2.64. The minimum atomic E-state index is -3.35. The van der Waals surface area contributed by atoms with Crippen LogP contribution in [-0.2, 0) is 114 Å². The predicted molar refractivity (Wildman–Crippen MR) is 406 cm³/mol. The Morgan fingerprint density at radius 1 is 0.359 bits per heavy atom. The second-order valence-electron chi connectivity index (χ2n) is 32.9. The standard InChI is InChI=1S/C73H123N5O53/c1-18-39(96)48(105)50(107)67(115-18)127-60-38(78-23(6)92)66(122-34(16-87)58(60)126-71-54(111)63(45(102)31(13-84)119-71)131-73(72(112)113)7-25(93)35(75-20(3)89)59(130-73)40(97)26(94)9-80)129-62-44(101)30(12-83)118-70(53(62)110)125-56-32(14-85)120-64(36(46(56)103)76-21(4)90)114-17-27(95)41(98)55(24(8-79)74-19(2)88)123-69-52(109)61(43(100)29(11-82)117-69)128-65-37(77-22(5)91)47(104)57(33(15-86)121-65)124-68-51(108)49(106)42(99)28(10-81)116-68/h18,24-71,79-87,93-111H,7-17H2,1-6H3,(H,74,88)(H,75,89)(H,76,90)(H,77,91)(H,78,92)(H,112,113)/t18-,24-,25-,26+,27+,28+,29+,30+,31+,32+,33+,34+,35+,36+,37+,38+,39+,40+,41-,42-,43-,44-,45-,46+,47+,48+,49-,50-,51+,52+,53+,54+,55+,56+,57+,58+,59+,60+,61-,62-,63-,64+,65-,66-,67-,68-,69-,70-,71-,73-/m0/s1. The zero-order chi connectivity index (χ0) is 97.3. The molecule has 0 radical (unpaired) electrons. The van der Waals surface area contributed by atoms with Gasteiger partial charge >= 0.3 is 5.97 Å². The minimum Gasteiger partial charge on any atom is -0.477 e. The average molecular weight is 1920 g/mol. The fraction of sp³-hybridized carbons (Fsp3) is 0.918. The molecule has 5 amide bonds. The van der Waals surface area contributed by atoms with Gasteiger partial charge in [0.25, 0.3) is 5.79 Å². The van der Waals surface area contributed by atoms with Crippen LogP contribution in [0.4, 0.5) is 0 Å². The van der Waals surface area contributed by atoms with E-state index >= 15 is 0 Å². The van der Waals surface area contributed by atoms with E-state index in [4.69, 9.17) is 85.3 Å². The molecule has 50 atom stereocenters. The number of nitrogens with one attached hydrogen (secondary N) is 5. The first-order valence-corrected chi connectivity index (χ1v) is 41.5. The van der Waals surface area contributed by atoms with Gasteiger partial charge in [0.2, 0.25) is 29.5 Å². The summed E-state index contributed by atoms with van der Waals surface area (Å²) >= 11 is 0. The van der Waals surface area contributed by atoms with Crippen molar-refractivity contribution in [2.24, 2.45) is 0 Å². The molecule has 9 saturated heterocycles. The van der Waals surface area contributed by atoms with Crippen LogP contribution in [0.25, 0.3) is 0 Å². The van der Waals surface area contributed by atoms with E-state index in [1.807, 2.05) is 0 Å². The van der Waals surface area contributed by atoms with Crippen LogP contribution >= 0.6 is 0 Å². The Labute approximate surface area is 742 Å². The highest BCUT2D eigenvalue weighted by Crippen LogP contribution is 2.43. The topological polar surface area (TPSA) is 915 Å². The van der Waals surface area contributed by atoms with E-state index < -0.39 is 414 Å². The number of carboxylic acid groups (broad SMARTS) is 1. The lowest BCUT2D eigenvalue weighted by Crippen LogP contribution is -2.72. The summed E-state index contributed by atoms with van der Waals surface area (Å²) in [5.74, 6) is -10.3. The van der Waals surface area contributed by atoms with Crippen LogP contribution in [0.15, 0.2) is 0 Å². The second-order valence-corrected chi connectivity index (χ2v) is 32.9. The number of aliphatic hydroxyl groups excluding tert-OH is 28. The maximum Gasteiger partial charge on any atom is 0.364 e. The number of carbonyl (C=O) groups excluding carboxylic acids is 5. The number of amides is 5. The summed E-state index contributed by atoms with van der Waals surface area (Å²) in [6.07, 6.45) is -96.0. The molecule has 0 unspecified atom stereocenters. The molecule has 758 valence electrons. The fourth-order valence-electron chi connectivity index (χ4n) is 16.6. The van der Waals surface area contributed by atoms with E-state index in [1.165, 1.54) is 6.92 Å². The summed E-state index contributed by atoms with van der Waals surface area (Å²) in [6, 6.07) is -9.58. The van der Waals surface area contributed by atoms with Gasteiger partial charge in [0, 0.05) is 41.0 Å². The predicted octanol–water partition coefficient (Wildman–Crippen LogP) is -22.2. The average Bonchev–Trinajstić information content (AvgIpc) is 0.751. The van der Waals surface area contributed by atoms with E-state index in [-0.39, 0.29) is 0 Å². The van der Waals surface area contributed by atoms with Crippen LogP contribution in [0, 0.1) is 0 Å². The number of aliphatic hydroxyl groups is 28. The summed E-state index contributed by atoms with van der Waals surface area (Å²) in [7, 11) is 0. The largest absolute Gasteiger partial charge is 0.477 e. The molecule has 58 nitrogen and oxygen atoms in total. The molecule has 0 bridgehead atoms. The highest BCUT2D eigenvalue weighted by atomic mass is 16.8. The molecular formula is C73H123N5O53. The van der Waals surface area contributed by atoms with Gasteiger partial charge in [-0.2, -0.15) is 0 Å². The lowest BCUT2D eigenvalue weighted by atomic mass is 9.88. The van der Waals surface area contributed by atoms with Crippen molar-refractivity contribution in [1.82, 2.24) is 26.6 Å². The number of ether oxygens (including phenoxy) is 18. The SMILES string of the molecule is CC(=O)N[C@H]1[C@H](O[C@H]2[C@@H](O)[C@@H](CO)O[C@@H](O[C@@H]([C@@H](O)[C@H](O)CO[C@@H]3O[C@H](CO)[C@@H](O[C@@H]4O[C@H](CO)[C@H](O)[C@H](O[C@@H]5O[C@H](CO)[C@@H](O[C@@H]6O[C@H](CO)[C@H](O)[C@H](O[C@]7(C(=O)O)C[C@H](O)[C@@H](NC(C)=O)[C@H]([C@H](O)[C@H](O)CO)O7)[C@H]6O)[C@H](O[C@@H]6O[C@@H](C)[C@@H](O)[C@@H](O)[C@@H]6O)[C@H]5NC(C)=O)[C@H]4O)[C@H](O)[C@H]3NC(C)=O)[C@H](CO)NC(C)=O)[C@@H]2O)O[C@H](CO)[C@@H](O[C@@H]2O[C@H](CO)[C@H](O)[C@H](O)[C@H]2O)[C@@H]1O. The third-order valence-corrected chi connectivity index (χ3v) is 23.5. The van der Waals surface area contributed by atoms with Gasteiger partial charge in [0.15, 0.2) is 50.3 Å². The van der Waals surface area contributed by atoms with Crippen molar-refractivity contribution >= 4 is 35.5 Å². The molecule has 9 aliphatic heterocycles. The third kappa shape index (κ3) is 25.0. The Morgan fingerprint density at radius 2 is 0.725 bits per heavy atom. The summed E-state index contributed by atoms with van der Waals surface area (Å²) in [5.41, 5.74) is 0. The molecule has 0 aliphatic carbocycles. The van der Waals surface area contributed by atoms with Crippen LogP contribution in [0.3, 0.4) is 0 Å². The van der Waals surface area contributed by atoms with Crippen molar-refractivity contribution in [2.45, 2.75) is 354 Å². The second kappa shape index (κ2) is 48.0. The zero-order valence-electron chi connectivity index (χ0n) is 70.8. The number of hydrogen-bond acceptors (Lipinski definition) is 52. The molecule has 0 spiro atoms. The van der Waals surface area contributed by atoms with Crippen molar-refractivity contribution in [2.75, 3.05) is 66.1 Å². The Bertz CT molecular complexity index is 3610. The molecule has 0 aromatic heterocycles. The molecule has 131 heavy (non-hydrogen) atoms. The van der Waals surface area contributed by atoms with E-state index in [9.17, 15) is 177 Å². The first-order chi connectivity index (χ1) is 61.7. The molecule has 9 heterocycles. The van der Waals surface area contributed by atoms with Gasteiger partial charge in [0.05, 0.1) is 90.4 Å². The van der Waals surface area contributed by atoms with Crippen LogP contribution in [0.1, 0.15) is 48.0 Å². The summed E-state index contributed by atoms with van der Waals surface area (Å²) in [5, 5.41) is 335. The van der Waals surface area contributed by atoms with Crippen LogP contribution < -0.4 is 26.6 Å². The maximum atomic E-state index is 13.5. The van der Waals surface area contributed by atoms with Gasteiger partial charge in [-0.1, -0.05) is 0 Å². The van der Waals surface area contributed by atoms with Gasteiger partial charge in [-0.05, 0) is 6.92 Å². The van der Waals surface area contributed by atoms with Crippen molar-refractivity contribution in [3.63, 3.8) is 0 Å². The van der Waals surface area contributed by atoms with Crippen LogP contribution in [0.2, 0.25) is 0 Å². The Hall–Kier alpha value is -5.02. The van der Waals surface area contributed by atoms with Crippen molar-refractivity contribution in [3.8, 4) is 0 Å². The number of hydrogen-bond donors (Lipinski definition) is 34. The zero-order valence-corrected chi connectivity index (χ0v) is 70.8. The number of carboxylic acids is 1. The van der Waals surface area contributed by atoms with Gasteiger partial charge in [-0.3, -0.25) is 24.0 Å². The first-order valence-electron chi connectivity index (χ1n) is 41.5. The molecule has 9 fully saturated rings. The molecule has 58 heteroatoms. The van der Waals surface area contributed by atoms with Crippen molar-refractivity contribution in [1.29, 1.82) is 0 Å². The van der Waals surface area contributed by atoms with E-state index in [1.54, 1.807) is 0 Å². The normalized spacial score (nSPS) is 45.0. The fourth-order valence-corrected chi connectivity index (χ4v) is 16.6. The summed E-state index contributed by atoms with van der Waals surface area (Å²) in [4.78, 5) is 77.7. The highest BCUT2D eigenvalue weighted by molar-refractivity contribution is 5.77. The summed E-state index contributed by atoms with van der Waals surface area (Å²) in [6.45, 7) is -6.08. The molecular weight excluding hydrogens is 1790 g/mol. The van der Waals surface area contributed by atoms with E-state index in [2.05, 4.69) is 26.6 Å². The van der Waals surface area contributed by atoms with Gasteiger partial charge in [0.1, 0.15) is 226 Å². The maximum absolute atomic E-state index is 13.5. The van der Waals surface area contributed by atoms with E-state index in [0.29, 0.717) is 0 Å². The monoisotopic (exact) mass is 1920 g/mol. The molecule has 34 N–H and O–H groups in total. The van der Waals surface area contributed by atoms with Gasteiger partial charge in [-0.25, -0.2) is 4.79 Å². The van der Waals surface area contributed by atoms with Crippen molar-refractivity contribution < 1.29 is 262 Å². The lowest BCUT2D eigenvalue weighted by Gasteiger charge is -2.52. The molecule has 9 aliphatic rings. The third-order valence-electron chi connectivity index (χ3n) is 23.5. The van der Waals surface area contributed by atoms with Crippen molar-refractivity contribution in [3.05, 3.63) is 0 Å².